The van der Waals surface area contributed by atoms with Crippen molar-refractivity contribution in [2.24, 2.45) is 11.5 Å². The van der Waals surface area contributed by atoms with Gasteiger partial charge in [0.25, 0.3) is 0 Å². The van der Waals surface area contributed by atoms with Gasteiger partial charge in [0.05, 0.1) is 0 Å². The molecule has 0 rings (SSSR count). The Morgan fingerprint density at radius 3 is 0.750 bits per heavy atom. The monoisotopic (exact) mass is 556 g/mol. The molecule has 10 N–H and O–H groups in total. The summed E-state index contributed by atoms with van der Waals surface area (Å²) in [5.41, 5.74) is 10.3. The molecule has 13 nitrogen and oxygen atoms in total. The maximum absolute atomic E-state index is 8.89. The average Bonchev–Trinajstić information content (AvgIpc) is 2.35. The molecule has 0 saturated heterocycles. The summed E-state index contributed by atoms with van der Waals surface area (Å²) in [6.45, 7) is 15.9. The summed E-state index contributed by atoms with van der Waals surface area (Å²) in [5.74, 6) is -5.42. The zero-order chi connectivity index (χ0) is 23.4. The van der Waals surface area contributed by atoms with E-state index < -0.39 is 29.8 Å². The molecule has 0 bridgehead atoms. The van der Waals surface area contributed by atoms with E-state index in [1.54, 1.807) is 0 Å². The van der Waals surface area contributed by atoms with Crippen molar-refractivity contribution in [1.82, 2.24) is 5.32 Å². The number of nitrogens with two attached hydrogens (primary N) is 2. The van der Waals surface area contributed by atoms with E-state index in [2.05, 4.69) is 39.9 Å². The van der Waals surface area contributed by atoms with E-state index in [0.717, 1.165) is 13.1 Å². The summed E-state index contributed by atoms with van der Waals surface area (Å²) in [4.78, 5) is 44.4. The fourth-order valence-electron chi connectivity index (χ4n) is 0.329. The fraction of sp³-hybridized carbons (Fsp3) is 0.286. The Hall–Kier alpha value is -2.10. The van der Waals surface area contributed by atoms with E-state index in [4.69, 9.17) is 61.0 Å². The zero-order valence-corrected chi connectivity index (χ0v) is 17.4. The maximum Gasteiger partial charge on any atom is 0.161 e. The molecule has 28 heavy (non-hydrogen) atoms. The van der Waals surface area contributed by atoms with Crippen LogP contribution in [0.15, 0.2) is 0 Å². The Kier molecular flexibility index (Phi) is 71.3. The third kappa shape index (κ3) is 3460. The van der Waals surface area contributed by atoms with Crippen LogP contribution in [0, 0.1) is 74.6 Å². The maximum atomic E-state index is 8.89. The van der Waals surface area contributed by atoms with Gasteiger partial charge in [0.15, 0.2) is 29.8 Å². The van der Waals surface area contributed by atoms with Gasteiger partial charge < -0.3 is 42.3 Å². The minimum atomic E-state index is -1.08. The number of nitrogens with one attached hydrogen (secondary N) is 1. The molecule has 0 aromatic heterocycles. The smallest absolute Gasteiger partial charge is 0.161 e. The number of carboxylic acids is 5. The second-order valence-electron chi connectivity index (χ2n) is 3.30. The molecule has 0 spiro atoms. The van der Waals surface area contributed by atoms with Gasteiger partial charge in [-0.15, -0.1) is 0 Å². The van der Waals surface area contributed by atoms with Gasteiger partial charge in [0.1, 0.15) is 0 Å². The number of carboxylic acid groups (broad SMARTS) is 5. The first-order valence-corrected chi connectivity index (χ1v) is 6.43. The number of hydrogen-bond donors (Lipinski definition) is 8. The molecule has 0 atom stereocenters. The van der Waals surface area contributed by atoms with Crippen molar-refractivity contribution in [3.63, 3.8) is 0 Å². The SMILES string of the molecule is NCCNCCN.[CH2-]C(=O)O.[CH2-]C(=O)O.[CH2-]C(=O)O.[CH2-]C(=O)O.[CH2-]C(=O)O.[Gd]. The predicted octanol–water partition coefficient (Wildman–Crippen LogP) is -1.98. The van der Waals surface area contributed by atoms with E-state index in [0.29, 0.717) is 13.1 Å². The van der Waals surface area contributed by atoms with Crippen LogP contribution in [0.1, 0.15) is 0 Å². The standard InChI is InChI=1S/C4H13N3.5C2H3O2.Gd/c5-1-3-7-4-2-6;5*1-2(3)4;/h7H,1-6H2;5*1H2,(H,3,4);/q;5*-1;. The van der Waals surface area contributed by atoms with E-state index in [9.17, 15) is 0 Å². The van der Waals surface area contributed by atoms with Gasteiger partial charge in [-0.1, -0.05) is 0 Å². The predicted molar refractivity (Wildman–Crippen MR) is 95.9 cm³/mol. The molecular formula is C14H28GdN3O10-5. The Bertz CT molecular complexity index is 289. The van der Waals surface area contributed by atoms with Crippen LogP contribution < -0.4 is 16.8 Å². The van der Waals surface area contributed by atoms with E-state index in [-0.39, 0.29) is 39.9 Å². The average molecular weight is 556 g/mol. The van der Waals surface area contributed by atoms with Crippen LogP contribution in [-0.2, 0) is 24.0 Å². The minimum absolute atomic E-state index is 0. The van der Waals surface area contributed by atoms with Gasteiger partial charge in [0.2, 0.25) is 0 Å². The van der Waals surface area contributed by atoms with Crippen LogP contribution in [0.25, 0.3) is 0 Å². The normalized spacial score (nSPS) is 6.64. The van der Waals surface area contributed by atoms with Crippen LogP contribution in [0.4, 0.5) is 0 Å². The Labute approximate surface area is 196 Å². The molecule has 172 valence electrons. The largest absolute Gasteiger partial charge is 0.503 e. The third-order valence-corrected chi connectivity index (χ3v) is 0.642. The Morgan fingerprint density at radius 2 is 0.679 bits per heavy atom. The molecule has 14 heteroatoms. The zero-order valence-electron chi connectivity index (χ0n) is 15.1. The van der Waals surface area contributed by atoms with Crippen molar-refractivity contribution in [3.05, 3.63) is 34.6 Å². The summed E-state index contributed by atoms with van der Waals surface area (Å²) in [5, 5.41) is 39.6. The van der Waals surface area contributed by atoms with E-state index in [1.807, 2.05) is 0 Å². The molecule has 0 aromatic carbocycles. The van der Waals surface area contributed by atoms with Gasteiger partial charge >= 0.3 is 0 Å². The minimum Gasteiger partial charge on any atom is -0.503 e. The van der Waals surface area contributed by atoms with Crippen molar-refractivity contribution in [1.29, 1.82) is 0 Å². The quantitative estimate of drug-likeness (QED) is 0.138. The molecule has 0 saturated carbocycles. The topological polar surface area (TPSA) is 251 Å². The van der Waals surface area contributed by atoms with Crippen molar-refractivity contribution in [2.75, 3.05) is 26.2 Å². The summed E-state index contributed by atoms with van der Waals surface area (Å²) >= 11 is 0. The second kappa shape index (κ2) is 44.4. The van der Waals surface area contributed by atoms with Crippen LogP contribution in [0.2, 0.25) is 0 Å². The number of carbonyl (C=O) groups is 5. The summed E-state index contributed by atoms with van der Waals surface area (Å²) in [6, 6.07) is 0. The fourth-order valence-corrected chi connectivity index (χ4v) is 0.329. The Balaban J connectivity index is -0.0000000382. The number of hydrogen-bond acceptors (Lipinski definition) is 8. The van der Waals surface area contributed by atoms with Crippen LogP contribution in [0.3, 0.4) is 0 Å². The van der Waals surface area contributed by atoms with Crippen LogP contribution in [0.5, 0.6) is 0 Å². The van der Waals surface area contributed by atoms with Gasteiger partial charge in [-0.05, 0) is 0 Å². The molecule has 0 fully saturated rings. The van der Waals surface area contributed by atoms with Crippen molar-refractivity contribution < 1.29 is 89.4 Å². The first-order chi connectivity index (χ1) is 12.1. The molecule has 0 aliphatic rings. The molecule has 0 radical (unpaired) electrons. The molecule has 0 aliphatic heterocycles. The van der Waals surface area contributed by atoms with Gasteiger partial charge in [-0.2, -0.15) is 0 Å². The van der Waals surface area contributed by atoms with Crippen LogP contribution >= 0.6 is 0 Å². The van der Waals surface area contributed by atoms with Crippen molar-refractivity contribution in [2.45, 2.75) is 0 Å². The van der Waals surface area contributed by atoms with Gasteiger partial charge in [0, 0.05) is 66.1 Å². The number of aliphatic carboxylic acids is 5. The van der Waals surface area contributed by atoms with Crippen molar-refractivity contribution >= 4 is 29.8 Å². The van der Waals surface area contributed by atoms with Gasteiger partial charge in [-0.25, -0.2) is 0 Å². The number of rotatable bonds is 4. The van der Waals surface area contributed by atoms with E-state index >= 15 is 0 Å². The Morgan fingerprint density at radius 1 is 0.571 bits per heavy atom. The first kappa shape index (κ1) is 45.0. The summed E-state index contributed by atoms with van der Waals surface area (Å²) < 4.78 is 0. The second-order valence-corrected chi connectivity index (χ2v) is 3.30. The molecule has 0 amide bonds. The van der Waals surface area contributed by atoms with Crippen LogP contribution in [-0.4, -0.2) is 81.6 Å². The third-order valence-electron chi connectivity index (χ3n) is 0.642. The summed E-state index contributed by atoms with van der Waals surface area (Å²) in [7, 11) is 0. The molecular weight excluding hydrogens is 527 g/mol. The van der Waals surface area contributed by atoms with Crippen molar-refractivity contribution in [3.8, 4) is 0 Å². The molecule has 0 aliphatic carbocycles. The molecule has 0 unspecified atom stereocenters. The first-order valence-electron chi connectivity index (χ1n) is 6.43. The van der Waals surface area contributed by atoms with Gasteiger partial charge in [-0.3, -0.25) is 58.6 Å². The molecule has 0 aromatic rings. The summed E-state index contributed by atoms with van der Waals surface area (Å²) in [6.07, 6.45) is 0. The molecule has 0 heterocycles. The van der Waals surface area contributed by atoms with E-state index in [1.165, 1.54) is 0 Å².